The number of aliphatic imine (C=N–C) groups is 3. The van der Waals surface area contributed by atoms with Gasteiger partial charge in [-0.2, -0.15) is 5.10 Å². The number of fused-ring (bicyclic) bond motifs is 1. The van der Waals surface area contributed by atoms with Gasteiger partial charge in [0.15, 0.2) is 16.8 Å². The standard InChI is InChI=1S/C13H18N6S/c1-4-8(2)15-13(20)19-18-9(3)11-16-10-6-5-7-14-12(10)17-11/h5-8,10H,4H2,1-3H3,(H2,15,19,20)/b18-9+. The van der Waals surface area contributed by atoms with Crippen molar-refractivity contribution in [2.75, 3.05) is 0 Å². The summed E-state index contributed by atoms with van der Waals surface area (Å²) >= 11 is 5.15. The lowest BCUT2D eigenvalue weighted by Crippen LogP contribution is -2.38. The molecule has 6 nitrogen and oxygen atoms in total. The third kappa shape index (κ3) is 3.57. The molecule has 106 valence electrons. The van der Waals surface area contributed by atoms with Crippen LogP contribution >= 0.6 is 12.2 Å². The predicted molar refractivity (Wildman–Crippen MR) is 88.0 cm³/mol. The first-order valence-electron chi connectivity index (χ1n) is 6.58. The Labute approximate surface area is 123 Å². The molecule has 2 heterocycles. The van der Waals surface area contributed by atoms with E-state index in [-0.39, 0.29) is 6.04 Å². The number of hydrogen-bond acceptors (Lipinski definition) is 5. The zero-order valence-electron chi connectivity index (χ0n) is 11.8. The quantitative estimate of drug-likeness (QED) is 0.467. The summed E-state index contributed by atoms with van der Waals surface area (Å²) in [4.78, 5) is 13.0. The van der Waals surface area contributed by atoms with E-state index in [1.165, 1.54) is 0 Å². The second-order valence-electron chi connectivity index (χ2n) is 4.62. The van der Waals surface area contributed by atoms with Crippen LogP contribution in [-0.2, 0) is 0 Å². The van der Waals surface area contributed by atoms with E-state index in [1.807, 2.05) is 19.1 Å². The minimum Gasteiger partial charge on any atom is -0.359 e. The molecular weight excluding hydrogens is 272 g/mol. The summed E-state index contributed by atoms with van der Waals surface area (Å²) in [6, 6.07) is 0.238. The molecule has 2 aliphatic rings. The largest absolute Gasteiger partial charge is 0.359 e. The Balaban J connectivity index is 1.95. The van der Waals surface area contributed by atoms with Crippen molar-refractivity contribution in [1.82, 2.24) is 10.7 Å². The van der Waals surface area contributed by atoms with Crippen molar-refractivity contribution in [3.63, 3.8) is 0 Å². The lowest BCUT2D eigenvalue weighted by molar-refractivity contribution is 0.635. The van der Waals surface area contributed by atoms with E-state index in [0.717, 1.165) is 6.42 Å². The predicted octanol–water partition coefficient (Wildman–Crippen LogP) is 1.44. The van der Waals surface area contributed by atoms with Gasteiger partial charge in [-0.1, -0.05) is 13.0 Å². The Bertz CT molecular complexity index is 543. The molecule has 2 atom stereocenters. The van der Waals surface area contributed by atoms with E-state index in [1.54, 1.807) is 6.21 Å². The molecule has 2 N–H and O–H groups in total. The van der Waals surface area contributed by atoms with Crippen LogP contribution < -0.4 is 10.7 Å². The molecule has 2 aliphatic heterocycles. The van der Waals surface area contributed by atoms with Crippen LogP contribution in [0.25, 0.3) is 0 Å². The fourth-order valence-electron chi connectivity index (χ4n) is 1.62. The van der Waals surface area contributed by atoms with Crippen molar-refractivity contribution in [1.29, 1.82) is 0 Å². The molecule has 0 bridgehead atoms. The summed E-state index contributed by atoms with van der Waals surface area (Å²) in [6.45, 7) is 5.99. The highest BCUT2D eigenvalue weighted by Crippen LogP contribution is 2.12. The highest BCUT2D eigenvalue weighted by Gasteiger charge is 2.22. The molecule has 0 amide bonds. The first-order valence-corrected chi connectivity index (χ1v) is 6.99. The van der Waals surface area contributed by atoms with Gasteiger partial charge in [-0.05, 0) is 38.6 Å². The van der Waals surface area contributed by atoms with Crippen LogP contribution in [0, 0.1) is 0 Å². The fraction of sp³-hybridized carbons (Fsp3) is 0.462. The van der Waals surface area contributed by atoms with E-state index < -0.39 is 0 Å². The number of nitrogens with one attached hydrogen (secondary N) is 2. The Hall–Kier alpha value is -1.89. The minimum atomic E-state index is -0.0784. The van der Waals surface area contributed by atoms with Gasteiger partial charge in [0, 0.05) is 12.3 Å². The van der Waals surface area contributed by atoms with E-state index in [9.17, 15) is 0 Å². The molecule has 2 unspecified atom stereocenters. The van der Waals surface area contributed by atoms with E-state index in [4.69, 9.17) is 12.2 Å². The van der Waals surface area contributed by atoms with Gasteiger partial charge < -0.3 is 5.32 Å². The number of allylic oxidation sites excluding steroid dienone is 1. The Morgan fingerprint density at radius 3 is 3.05 bits per heavy atom. The average molecular weight is 290 g/mol. The van der Waals surface area contributed by atoms with Gasteiger partial charge in [0.05, 0.1) is 0 Å². The zero-order chi connectivity index (χ0) is 14.5. The van der Waals surface area contributed by atoms with Crippen molar-refractivity contribution in [3.8, 4) is 0 Å². The molecule has 0 aromatic heterocycles. The second kappa shape index (κ2) is 6.51. The molecule has 2 rings (SSSR count). The number of hydrazone groups is 1. The maximum Gasteiger partial charge on any atom is 0.187 e. The van der Waals surface area contributed by atoms with Crippen LogP contribution in [0.15, 0.2) is 32.2 Å². The molecule has 0 aliphatic carbocycles. The second-order valence-corrected chi connectivity index (χ2v) is 5.03. The van der Waals surface area contributed by atoms with Crippen molar-refractivity contribution in [2.24, 2.45) is 20.1 Å². The van der Waals surface area contributed by atoms with Crippen LogP contribution in [0.5, 0.6) is 0 Å². The maximum atomic E-state index is 5.15. The number of nitrogens with zero attached hydrogens (tertiary/aromatic N) is 4. The summed E-state index contributed by atoms with van der Waals surface area (Å²) in [5, 5.41) is 7.83. The number of dihydropyridines is 1. The van der Waals surface area contributed by atoms with Crippen molar-refractivity contribution < 1.29 is 0 Å². The SMILES string of the molecule is CCC(C)NC(=S)N/N=C(\C)C1=NC2C=CC=NC2=N1. The number of rotatable bonds is 4. The van der Waals surface area contributed by atoms with Gasteiger partial charge in [-0.15, -0.1) is 0 Å². The summed E-state index contributed by atoms with van der Waals surface area (Å²) < 4.78 is 0. The molecule has 0 fully saturated rings. The highest BCUT2D eigenvalue weighted by atomic mass is 32.1. The number of thiocarbonyl (C=S) groups is 1. The molecule has 20 heavy (non-hydrogen) atoms. The van der Waals surface area contributed by atoms with E-state index >= 15 is 0 Å². The van der Waals surface area contributed by atoms with E-state index in [0.29, 0.717) is 28.5 Å². The topological polar surface area (TPSA) is 73.5 Å². The summed E-state index contributed by atoms with van der Waals surface area (Å²) in [5.41, 5.74) is 3.49. The molecular formula is C13H18N6S. The van der Waals surface area contributed by atoms with Gasteiger partial charge >= 0.3 is 0 Å². The van der Waals surface area contributed by atoms with Crippen LogP contribution in [0.2, 0.25) is 0 Å². The lowest BCUT2D eigenvalue weighted by Gasteiger charge is -2.12. The van der Waals surface area contributed by atoms with E-state index in [2.05, 4.69) is 44.7 Å². The lowest BCUT2D eigenvalue weighted by atomic mass is 10.2. The van der Waals surface area contributed by atoms with Gasteiger partial charge in [0.25, 0.3) is 0 Å². The first kappa shape index (κ1) is 14.5. The van der Waals surface area contributed by atoms with Crippen molar-refractivity contribution in [3.05, 3.63) is 12.2 Å². The van der Waals surface area contributed by atoms with Crippen LogP contribution in [0.1, 0.15) is 27.2 Å². The number of hydrogen-bond donors (Lipinski definition) is 2. The molecule has 0 aromatic rings. The van der Waals surface area contributed by atoms with Gasteiger partial charge in [-0.25, -0.2) is 15.0 Å². The molecule has 0 saturated heterocycles. The highest BCUT2D eigenvalue weighted by molar-refractivity contribution is 7.80. The minimum absolute atomic E-state index is 0.0784. The molecule has 0 spiro atoms. The third-order valence-corrected chi connectivity index (χ3v) is 3.18. The molecule has 0 saturated carbocycles. The smallest absolute Gasteiger partial charge is 0.187 e. The zero-order valence-corrected chi connectivity index (χ0v) is 12.6. The maximum absolute atomic E-state index is 5.15. The van der Waals surface area contributed by atoms with Crippen LogP contribution in [0.3, 0.4) is 0 Å². The summed E-state index contributed by atoms with van der Waals surface area (Å²) in [6.07, 6.45) is 6.53. The molecule has 7 heteroatoms. The van der Waals surface area contributed by atoms with Gasteiger partial charge in [-0.3, -0.25) is 5.43 Å². The summed E-state index contributed by atoms with van der Waals surface area (Å²) in [7, 11) is 0. The fourth-order valence-corrected chi connectivity index (χ4v) is 1.87. The first-order chi connectivity index (χ1) is 9.60. The normalized spacial score (nSPS) is 21.9. The van der Waals surface area contributed by atoms with Crippen molar-refractivity contribution in [2.45, 2.75) is 39.3 Å². The van der Waals surface area contributed by atoms with Crippen LogP contribution in [0.4, 0.5) is 0 Å². The third-order valence-electron chi connectivity index (χ3n) is 2.97. The van der Waals surface area contributed by atoms with Crippen LogP contribution in [-0.4, -0.2) is 40.8 Å². The monoisotopic (exact) mass is 290 g/mol. The molecule has 0 aromatic carbocycles. The Morgan fingerprint density at radius 1 is 1.55 bits per heavy atom. The van der Waals surface area contributed by atoms with Crippen molar-refractivity contribution >= 4 is 40.9 Å². The average Bonchev–Trinajstić information content (AvgIpc) is 2.88. The number of amidine groups is 2. The molecule has 0 radical (unpaired) electrons. The van der Waals surface area contributed by atoms with Gasteiger partial charge in [0.2, 0.25) is 0 Å². The Morgan fingerprint density at radius 2 is 2.35 bits per heavy atom. The summed E-state index contributed by atoms with van der Waals surface area (Å²) in [5.74, 6) is 1.30. The Kier molecular flexibility index (Phi) is 4.73. The van der Waals surface area contributed by atoms with Gasteiger partial charge in [0.1, 0.15) is 11.8 Å².